The molecule has 86 valence electrons. The van der Waals surface area contributed by atoms with Crippen molar-refractivity contribution in [2.24, 2.45) is 0 Å². The Morgan fingerprint density at radius 3 is 2.14 bits per heavy atom. The molecule has 0 atom stereocenters. The topological polar surface area (TPSA) is 37.4 Å². The van der Waals surface area contributed by atoms with Crippen LogP contribution in [0.2, 0.25) is 0 Å². The van der Waals surface area contributed by atoms with E-state index in [9.17, 15) is 21.6 Å². The largest absolute Gasteiger partial charge is 0.390 e. The zero-order valence-corrected chi connectivity index (χ0v) is 8.95. The van der Waals surface area contributed by atoms with Gasteiger partial charge in [-0.1, -0.05) is 6.92 Å². The molecule has 0 unspecified atom stereocenters. The highest BCUT2D eigenvalue weighted by Crippen LogP contribution is 2.20. The Labute approximate surface area is 81.9 Å². The molecule has 0 spiro atoms. The molecule has 0 aliphatic carbocycles. The van der Waals surface area contributed by atoms with Crippen molar-refractivity contribution in [1.29, 1.82) is 0 Å². The van der Waals surface area contributed by atoms with Crippen LogP contribution in [0.4, 0.5) is 13.2 Å². The summed E-state index contributed by atoms with van der Waals surface area (Å²) in [7, 11) is -2.46. The molecular weight excluding hydrogens is 219 g/mol. The summed E-state index contributed by atoms with van der Waals surface area (Å²) in [5.74, 6) is -0.868. The minimum absolute atomic E-state index is 0.250. The molecule has 0 aliphatic rings. The summed E-state index contributed by atoms with van der Waals surface area (Å²) < 4.78 is 58.6. The minimum atomic E-state index is -4.42. The van der Waals surface area contributed by atoms with Crippen LogP contribution in [0.3, 0.4) is 0 Å². The van der Waals surface area contributed by atoms with Crippen LogP contribution in [-0.4, -0.2) is 38.2 Å². The first-order valence-corrected chi connectivity index (χ1v) is 5.80. The molecule has 0 saturated carbocycles. The van der Waals surface area contributed by atoms with Crippen LogP contribution in [0.15, 0.2) is 0 Å². The van der Waals surface area contributed by atoms with Crippen molar-refractivity contribution in [3.05, 3.63) is 0 Å². The second kappa shape index (κ2) is 4.97. The van der Waals surface area contributed by atoms with Gasteiger partial charge in [0.25, 0.3) is 0 Å². The number of nitrogens with zero attached hydrogens (tertiary/aromatic N) is 1. The summed E-state index contributed by atoms with van der Waals surface area (Å²) >= 11 is 0. The molecule has 14 heavy (non-hydrogen) atoms. The number of sulfonamides is 1. The smallest absolute Gasteiger partial charge is 0.212 e. The van der Waals surface area contributed by atoms with E-state index < -0.39 is 28.4 Å². The lowest BCUT2D eigenvalue weighted by molar-refractivity contribution is -0.130. The first kappa shape index (κ1) is 13.7. The van der Waals surface area contributed by atoms with Gasteiger partial charge in [-0.2, -0.15) is 13.2 Å². The van der Waals surface area contributed by atoms with Crippen LogP contribution in [0.25, 0.3) is 0 Å². The van der Waals surface area contributed by atoms with E-state index in [0.717, 1.165) is 4.31 Å². The first-order chi connectivity index (χ1) is 6.19. The lowest BCUT2D eigenvalue weighted by Crippen LogP contribution is -2.31. The number of halogens is 3. The summed E-state index contributed by atoms with van der Waals surface area (Å²) in [6.07, 6.45) is -5.12. The molecule has 0 N–H and O–H groups in total. The molecule has 0 bridgehead atoms. The van der Waals surface area contributed by atoms with Crippen molar-refractivity contribution in [3.63, 3.8) is 0 Å². The monoisotopic (exact) mass is 233 g/mol. The molecular formula is C7H14F3NO2S. The van der Waals surface area contributed by atoms with E-state index in [4.69, 9.17) is 0 Å². The Bertz CT molecular complexity index is 261. The maximum absolute atomic E-state index is 11.8. The fourth-order valence-corrected chi connectivity index (χ4v) is 2.12. The van der Waals surface area contributed by atoms with E-state index in [1.807, 2.05) is 0 Å². The van der Waals surface area contributed by atoms with Gasteiger partial charge in [0, 0.05) is 13.6 Å². The number of rotatable bonds is 5. The molecule has 7 heteroatoms. The molecule has 0 amide bonds. The van der Waals surface area contributed by atoms with E-state index in [-0.39, 0.29) is 6.54 Å². The Hall–Kier alpha value is -0.300. The first-order valence-electron chi connectivity index (χ1n) is 4.20. The van der Waals surface area contributed by atoms with E-state index in [1.54, 1.807) is 6.92 Å². The lowest BCUT2D eigenvalue weighted by atomic mass is 10.5. The predicted molar refractivity (Wildman–Crippen MR) is 47.4 cm³/mol. The zero-order chi connectivity index (χ0) is 11.4. The SMILES string of the molecule is CCCN(C)S(=O)(=O)CCC(F)(F)F. The standard InChI is InChI=1S/C7H14F3NO2S/c1-3-5-11(2)14(12,13)6-4-7(8,9)10/h3-6H2,1-2H3. The van der Waals surface area contributed by atoms with Crippen LogP contribution >= 0.6 is 0 Å². The molecule has 0 fully saturated rings. The fourth-order valence-electron chi connectivity index (χ4n) is 0.855. The molecule has 0 aromatic rings. The normalized spacial score (nSPS) is 13.6. The Morgan fingerprint density at radius 2 is 1.79 bits per heavy atom. The van der Waals surface area contributed by atoms with Crippen molar-refractivity contribution in [1.82, 2.24) is 4.31 Å². The Balaban J connectivity index is 4.22. The van der Waals surface area contributed by atoms with Crippen LogP contribution < -0.4 is 0 Å². The van der Waals surface area contributed by atoms with Crippen molar-refractivity contribution in [3.8, 4) is 0 Å². The molecule has 0 heterocycles. The number of alkyl halides is 3. The fraction of sp³-hybridized carbons (Fsp3) is 1.00. The number of hydrogen-bond donors (Lipinski definition) is 0. The Kier molecular flexibility index (Phi) is 4.87. The van der Waals surface area contributed by atoms with Gasteiger partial charge in [0.05, 0.1) is 12.2 Å². The van der Waals surface area contributed by atoms with Gasteiger partial charge >= 0.3 is 6.18 Å². The third-order valence-electron chi connectivity index (χ3n) is 1.66. The summed E-state index contributed by atoms with van der Waals surface area (Å²) in [6.45, 7) is 2.01. The second-order valence-electron chi connectivity index (χ2n) is 3.00. The van der Waals surface area contributed by atoms with Gasteiger partial charge in [-0.3, -0.25) is 0 Å². The maximum atomic E-state index is 11.8. The van der Waals surface area contributed by atoms with Crippen molar-refractivity contribution in [2.45, 2.75) is 25.9 Å². The lowest BCUT2D eigenvalue weighted by Gasteiger charge is -2.16. The average molecular weight is 233 g/mol. The molecule has 0 aromatic heterocycles. The average Bonchev–Trinajstić information content (AvgIpc) is 2.00. The van der Waals surface area contributed by atoms with Gasteiger partial charge in [-0.25, -0.2) is 12.7 Å². The zero-order valence-electron chi connectivity index (χ0n) is 8.13. The predicted octanol–water partition coefficient (Wildman–Crippen LogP) is 1.61. The summed E-state index contributed by atoms with van der Waals surface area (Å²) in [5, 5.41) is 0. The van der Waals surface area contributed by atoms with E-state index >= 15 is 0 Å². The van der Waals surface area contributed by atoms with E-state index in [2.05, 4.69) is 0 Å². The molecule has 0 rings (SSSR count). The summed E-state index contributed by atoms with van der Waals surface area (Å²) in [4.78, 5) is 0. The molecule has 3 nitrogen and oxygen atoms in total. The third kappa shape index (κ3) is 5.43. The van der Waals surface area contributed by atoms with Gasteiger partial charge < -0.3 is 0 Å². The maximum Gasteiger partial charge on any atom is 0.390 e. The Morgan fingerprint density at radius 1 is 1.29 bits per heavy atom. The molecule has 0 saturated heterocycles. The minimum Gasteiger partial charge on any atom is -0.212 e. The van der Waals surface area contributed by atoms with Gasteiger partial charge in [-0.05, 0) is 6.42 Å². The highest BCUT2D eigenvalue weighted by atomic mass is 32.2. The number of hydrogen-bond acceptors (Lipinski definition) is 2. The van der Waals surface area contributed by atoms with Crippen LogP contribution in [0, 0.1) is 0 Å². The van der Waals surface area contributed by atoms with E-state index in [1.165, 1.54) is 7.05 Å². The van der Waals surface area contributed by atoms with Crippen molar-refractivity contribution >= 4 is 10.0 Å². The highest BCUT2D eigenvalue weighted by Gasteiger charge is 2.31. The highest BCUT2D eigenvalue weighted by molar-refractivity contribution is 7.89. The summed E-state index contributed by atoms with van der Waals surface area (Å²) in [5.41, 5.74) is 0. The molecule has 0 radical (unpaired) electrons. The molecule has 0 aliphatic heterocycles. The second-order valence-corrected chi connectivity index (χ2v) is 5.20. The van der Waals surface area contributed by atoms with Crippen molar-refractivity contribution in [2.75, 3.05) is 19.3 Å². The summed E-state index contributed by atoms with van der Waals surface area (Å²) in [6, 6.07) is 0. The van der Waals surface area contributed by atoms with Crippen LogP contribution in [0.5, 0.6) is 0 Å². The van der Waals surface area contributed by atoms with Gasteiger partial charge in [0.1, 0.15) is 0 Å². The van der Waals surface area contributed by atoms with Gasteiger partial charge in [0.15, 0.2) is 0 Å². The van der Waals surface area contributed by atoms with Crippen LogP contribution in [-0.2, 0) is 10.0 Å². The third-order valence-corrected chi connectivity index (χ3v) is 3.51. The van der Waals surface area contributed by atoms with Crippen molar-refractivity contribution < 1.29 is 21.6 Å². The van der Waals surface area contributed by atoms with Gasteiger partial charge in [-0.15, -0.1) is 0 Å². The quantitative estimate of drug-likeness (QED) is 0.723. The van der Waals surface area contributed by atoms with E-state index in [0.29, 0.717) is 6.42 Å². The van der Waals surface area contributed by atoms with Crippen LogP contribution in [0.1, 0.15) is 19.8 Å². The molecule has 0 aromatic carbocycles. The van der Waals surface area contributed by atoms with Gasteiger partial charge in [0.2, 0.25) is 10.0 Å².